The molecule has 2 N–H and O–H groups in total. The number of ether oxygens (including phenoxy) is 1. The molecule has 0 spiro atoms. The van der Waals surface area contributed by atoms with Crippen LogP contribution in [-0.2, 0) is 14.3 Å². The smallest absolute Gasteiger partial charge is 0.325 e. The summed E-state index contributed by atoms with van der Waals surface area (Å²) in [6, 6.07) is 11.0. The highest BCUT2D eigenvalue weighted by atomic mass is 35.5. The first kappa shape index (κ1) is 19.9. The fraction of sp³-hybridized carbons (Fsp3) is 0.111. The first-order valence-electron chi connectivity index (χ1n) is 7.58. The molecule has 0 aliphatic rings. The predicted molar refractivity (Wildman–Crippen MR) is 94.5 cm³/mol. The van der Waals surface area contributed by atoms with Crippen LogP contribution < -0.4 is 10.6 Å². The second-order valence-electron chi connectivity index (χ2n) is 5.20. The van der Waals surface area contributed by atoms with Crippen LogP contribution in [0.25, 0.3) is 0 Å². The normalized spacial score (nSPS) is 9.81. The highest BCUT2D eigenvalue weighted by molar-refractivity contribution is 6.31. The van der Waals surface area contributed by atoms with Crippen molar-refractivity contribution in [1.29, 1.82) is 5.26 Å². The van der Waals surface area contributed by atoms with Gasteiger partial charge in [0, 0.05) is 10.6 Å². The number of hydrogen-bond donors (Lipinski definition) is 2. The van der Waals surface area contributed by atoms with Gasteiger partial charge in [0.15, 0.2) is 6.61 Å². The molecule has 0 unspecified atom stereocenters. The molecular formula is C18H13ClFN3O4. The Kier molecular flexibility index (Phi) is 6.86. The molecule has 0 atom stereocenters. The number of benzene rings is 2. The molecule has 0 saturated carbocycles. The molecule has 0 bridgehead atoms. The van der Waals surface area contributed by atoms with E-state index in [4.69, 9.17) is 21.6 Å². The summed E-state index contributed by atoms with van der Waals surface area (Å²) in [4.78, 5) is 35.2. The van der Waals surface area contributed by atoms with Crippen LogP contribution in [0.15, 0.2) is 42.5 Å². The molecule has 0 heterocycles. The number of nitrogens with zero attached hydrogens (tertiary/aromatic N) is 1. The quantitative estimate of drug-likeness (QED) is 0.737. The van der Waals surface area contributed by atoms with Crippen LogP contribution in [0.4, 0.5) is 10.1 Å². The molecule has 0 fully saturated rings. The maximum absolute atomic E-state index is 12.8. The van der Waals surface area contributed by atoms with Crippen molar-refractivity contribution >= 4 is 35.1 Å². The summed E-state index contributed by atoms with van der Waals surface area (Å²) in [5, 5.41) is 14.0. The first-order valence-corrected chi connectivity index (χ1v) is 7.95. The fourth-order valence-electron chi connectivity index (χ4n) is 1.96. The first-order chi connectivity index (χ1) is 12.9. The Hall–Kier alpha value is -3.44. The lowest BCUT2D eigenvalue weighted by molar-refractivity contribution is -0.146. The van der Waals surface area contributed by atoms with Crippen LogP contribution in [0.2, 0.25) is 5.02 Å². The van der Waals surface area contributed by atoms with Gasteiger partial charge in [-0.15, -0.1) is 0 Å². The monoisotopic (exact) mass is 389 g/mol. The van der Waals surface area contributed by atoms with Gasteiger partial charge in [0.25, 0.3) is 11.8 Å². The number of amides is 2. The minimum Gasteiger partial charge on any atom is -0.454 e. The third-order valence-corrected chi connectivity index (χ3v) is 3.48. The summed E-state index contributed by atoms with van der Waals surface area (Å²) in [5.41, 5.74) is 0.563. The lowest BCUT2D eigenvalue weighted by atomic mass is 10.2. The molecule has 2 aromatic rings. The third kappa shape index (κ3) is 6.09. The van der Waals surface area contributed by atoms with Gasteiger partial charge in [-0.1, -0.05) is 11.6 Å². The lowest BCUT2D eigenvalue weighted by Gasteiger charge is -2.09. The molecule has 9 heteroatoms. The maximum atomic E-state index is 12.8. The molecule has 0 aliphatic heterocycles. The van der Waals surface area contributed by atoms with E-state index < -0.39 is 36.8 Å². The zero-order chi connectivity index (χ0) is 19.8. The minimum atomic E-state index is -0.841. The van der Waals surface area contributed by atoms with Gasteiger partial charge in [0.05, 0.1) is 11.3 Å². The number of halogens is 2. The summed E-state index contributed by atoms with van der Waals surface area (Å²) in [7, 11) is 0. The van der Waals surface area contributed by atoms with Crippen LogP contribution in [0.3, 0.4) is 0 Å². The molecular weight excluding hydrogens is 377 g/mol. The van der Waals surface area contributed by atoms with Gasteiger partial charge in [0.1, 0.15) is 18.4 Å². The Morgan fingerprint density at radius 1 is 1.15 bits per heavy atom. The van der Waals surface area contributed by atoms with Crippen LogP contribution in [0, 0.1) is 17.1 Å². The number of carbonyl (C=O) groups is 3. The van der Waals surface area contributed by atoms with E-state index in [0.717, 1.165) is 12.1 Å². The Morgan fingerprint density at radius 2 is 1.85 bits per heavy atom. The van der Waals surface area contributed by atoms with E-state index in [1.165, 1.54) is 30.3 Å². The SMILES string of the molecule is N#Cc1ccc(Cl)cc1NC(=O)COC(=O)CNC(=O)c1ccc(F)cc1. The average molecular weight is 390 g/mol. The fourth-order valence-corrected chi connectivity index (χ4v) is 2.13. The lowest BCUT2D eigenvalue weighted by Crippen LogP contribution is -2.32. The van der Waals surface area contributed by atoms with Gasteiger partial charge < -0.3 is 15.4 Å². The van der Waals surface area contributed by atoms with Crippen molar-refractivity contribution in [2.24, 2.45) is 0 Å². The summed E-state index contributed by atoms with van der Waals surface area (Å²) in [6.45, 7) is -1.08. The number of esters is 1. The zero-order valence-corrected chi connectivity index (χ0v) is 14.5. The summed E-state index contributed by atoms with van der Waals surface area (Å²) >= 11 is 5.81. The van der Waals surface area contributed by atoms with Crippen molar-refractivity contribution in [3.63, 3.8) is 0 Å². The van der Waals surface area contributed by atoms with E-state index in [0.29, 0.717) is 5.02 Å². The maximum Gasteiger partial charge on any atom is 0.325 e. The number of rotatable bonds is 6. The van der Waals surface area contributed by atoms with Crippen molar-refractivity contribution in [2.45, 2.75) is 0 Å². The van der Waals surface area contributed by atoms with Crippen molar-refractivity contribution in [3.05, 3.63) is 64.4 Å². The largest absolute Gasteiger partial charge is 0.454 e. The molecule has 0 aromatic heterocycles. The van der Waals surface area contributed by atoms with E-state index in [2.05, 4.69) is 10.6 Å². The van der Waals surface area contributed by atoms with Crippen molar-refractivity contribution < 1.29 is 23.5 Å². The van der Waals surface area contributed by atoms with Gasteiger partial charge in [0.2, 0.25) is 0 Å². The topological polar surface area (TPSA) is 108 Å². The highest BCUT2D eigenvalue weighted by Crippen LogP contribution is 2.20. The third-order valence-electron chi connectivity index (χ3n) is 3.24. The van der Waals surface area contributed by atoms with Gasteiger partial charge in [-0.3, -0.25) is 14.4 Å². The second-order valence-corrected chi connectivity index (χ2v) is 5.64. The Morgan fingerprint density at radius 3 is 2.52 bits per heavy atom. The van der Waals surface area contributed by atoms with Gasteiger partial charge in [-0.25, -0.2) is 4.39 Å². The number of nitrogens with one attached hydrogen (secondary N) is 2. The summed E-state index contributed by atoms with van der Waals surface area (Å²) < 4.78 is 17.5. The molecule has 0 aliphatic carbocycles. The van der Waals surface area contributed by atoms with Crippen molar-refractivity contribution in [1.82, 2.24) is 5.32 Å². The highest BCUT2D eigenvalue weighted by Gasteiger charge is 2.12. The van der Waals surface area contributed by atoms with Crippen LogP contribution in [0.1, 0.15) is 15.9 Å². The molecule has 0 saturated heterocycles. The van der Waals surface area contributed by atoms with Gasteiger partial charge >= 0.3 is 5.97 Å². The van der Waals surface area contributed by atoms with E-state index in [1.807, 2.05) is 6.07 Å². The molecule has 2 amide bonds. The molecule has 138 valence electrons. The van der Waals surface area contributed by atoms with Crippen LogP contribution >= 0.6 is 11.6 Å². The van der Waals surface area contributed by atoms with Crippen LogP contribution in [-0.4, -0.2) is 30.9 Å². The Balaban J connectivity index is 1.79. The van der Waals surface area contributed by atoms with Crippen LogP contribution in [0.5, 0.6) is 0 Å². The number of nitriles is 1. The second kappa shape index (κ2) is 9.31. The van der Waals surface area contributed by atoms with E-state index >= 15 is 0 Å². The molecule has 2 rings (SSSR count). The summed E-state index contributed by atoms with van der Waals surface area (Å²) in [5.74, 6) is -2.59. The van der Waals surface area contributed by atoms with E-state index in [1.54, 1.807) is 0 Å². The van der Waals surface area contributed by atoms with Gasteiger partial charge in [-0.2, -0.15) is 5.26 Å². The minimum absolute atomic E-state index is 0.173. The van der Waals surface area contributed by atoms with Crippen molar-refractivity contribution in [3.8, 4) is 6.07 Å². The number of anilines is 1. The predicted octanol–water partition coefficient (Wildman–Crippen LogP) is 2.26. The molecule has 0 radical (unpaired) electrons. The average Bonchev–Trinajstić information content (AvgIpc) is 2.65. The zero-order valence-electron chi connectivity index (χ0n) is 13.8. The molecule has 7 nitrogen and oxygen atoms in total. The number of carbonyl (C=O) groups excluding carboxylic acids is 3. The number of hydrogen-bond acceptors (Lipinski definition) is 5. The summed E-state index contributed by atoms with van der Waals surface area (Å²) in [6.07, 6.45) is 0. The molecule has 2 aromatic carbocycles. The van der Waals surface area contributed by atoms with E-state index in [9.17, 15) is 18.8 Å². The Labute approximate surface area is 158 Å². The van der Waals surface area contributed by atoms with Gasteiger partial charge in [-0.05, 0) is 42.5 Å². The standard InChI is InChI=1S/C18H13ClFN3O4/c19-13-4-1-12(8-21)15(7-13)23-16(24)10-27-17(25)9-22-18(26)11-2-5-14(20)6-3-11/h1-7H,9-10H2,(H,22,26)(H,23,24). The van der Waals surface area contributed by atoms with E-state index in [-0.39, 0.29) is 16.8 Å². The molecule has 27 heavy (non-hydrogen) atoms. The Bertz CT molecular complexity index is 910. The van der Waals surface area contributed by atoms with Crippen molar-refractivity contribution in [2.75, 3.05) is 18.5 Å².